The maximum atomic E-state index is 5.86. The van der Waals surface area contributed by atoms with Crippen LogP contribution in [0.5, 0.6) is 0 Å². The van der Waals surface area contributed by atoms with Crippen molar-refractivity contribution in [1.29, 1.82) is 0 Å². The van der Waals surface area contributed by atoms with Gasteiger partial charge in [-0.1, -0.05) is 23.7 Å². The summed E-state index contributed by atoms with van der Waals surface area (Å²) in [5.41, 5.74) is 1.37. The standard InChI is InChI=1S/C13H18ClNO/c1-16-9-13-7-11(8-15-13)6-10-2-4-12(14)5-3-10/h2-5,11,13,15H,6-9H2,1H3. The second-order valence-electron chi connectivity index (χ2n) is 4.49. The molecule has 0 aromatic heterocycles. The van der Waals surface area contributed by atoms with E-state index in [-0.39, 0.29) is 0 Å². The summed E-state index contributed by atoms with van der Waals surface area (Å²) in [5.74, 6) is 0.723. The van der Waals surface area contributed by atoms with Crippen LogP contribution in [0.1, 0.15) is 12.0 Å². The van der Waals surface area contributed by atoms with Crippen molar-refractivity contribution in [1.82, 2.24) is 5.32 Å². The minimum atomic E-state index is 0.530. The van der Waals surface area contributed by atoms with Crippen molar-refractivity contribution in [2.24, 2.45) is 5.92 Å². The van der Waals surface area contributed by atoms with Gasteiger partial charge < -0.3 is 10.1 Å². The predicted molar refractivity (Wildman–Crippen MR) is 66.9 cm³/mol. The summed E-state index contributed by atoms with van der Waals surface area (Å²) in [6.07, 6.45) is 2.33. The first kappa shape index (κ1) is 11.9. The predicted octanol–water partition coefficient (Wildman–Crippen LogP) is 2.51. The third kappa shape index (κ3) is 3.21. The monoisotopic (exact) mass is 239 g/mol. The van der Waals surface area contributed by atoms with Crippen molar-refractivity contribution in [3.05, 3.63) is 34.9 Å². The molecular weight excluding hydrogens is 222 g/mol. The van der Waals surface area contributed by atoms with Gasteiger partial charge in [0.1, 0.15) is 0 Å². The molecule has 0 bridgehead atoms. The molecule has 1 aromatic rings. The van der Waals surface area contributed by atoms with Crippen molar-refractivity contribution in [2.45, 2.75) is 18.9 Å². The molecular formula is C13H18ClNO. The van der Waals surface area contributed by atoms with Crippen molar-refractivity contribution in [3.63, 3.8) is 0 Å². The molecule has 0 radical (unpaired) electrons. The molecule has 2 atom stereocenters. The van der Waals surface area contributed by atoms with Gasteiger partial charge in [0.15, 0.2) is 0 Å². The van der Waals surface area contributed by atoms with Gasteiger partial charge in [-0.15, -0.1) is 0 Å². The van der Waals surface area contributed by atoms with Crippen LogP contribution in [0.25, 0.3) is 0 Å². The summed E-state index contributed by atoms with van der Waals surface area (Å²) < 4.78 is 5.16. The van der Waals surface area contributed by atoms with Crippen LogP contribution in [0.4, 0.5) is 0 Å². The Bertz CT molecular complexity index is 325. The maximum absolute atomic E-state index is 5.86. The molecule has 1 N–H and O–H groups in total. The largest absolute Gasteiger partial charge is 0.383 e. The molecule has 16 heavy (non-hydrogen) atoms. The van der Waals surface area contributed by atoms with Crippen molar-refractivity contribution >= 4 is 11.6 Å². The molecule has 0 aliphatic carbocycles. The minimum Gasteiger partial charge on any atom is -0.383 e. The van der Waals surface area contributed by atoms with Crippen molar-refractivity contribution in [3.8, 4) is 0 Å². The van der Waals surface area contributed by atoms with Gasteiger partial charge in [0.25, 0.3) is 0 Å². The molecule has 2 nitrogen and oxygen atoms in total. The summed E-state index contributed by atoms with van der Waals surface area (Å²) >= 11 is 5.86. The van der Waals surface area contributed by atoms with E-state index in [9.17, 15) is 0 Å². The molecule has 1 saturated heterocycles. The van der Waals surface area contributed by atoms with Gasteiger partial charge in [-0.25, -0.2) is 0 Å². The Balaban J connectivity index is 1.84. The van der Waals surface area contributed by atoms with Crippen LogP contribution in [-0.4, -0.2) is 26.3 Å². The molecule has 2 rings (SSSR count). The van der Waals surface area contributed by atoms with Gasteiger partial charge in [0.05, 0.1) is 6.61 Å². The number of ether oxygens (including phenoxy) is 1. The van der Waals surface area contributed by atoms with E-state index >= 15 is 0 Å². The van der Waals surface area contributed by atoms with E-state index in [1.807, 2.05) is 12.1 Å². The first-order chi connectivity index (χ1) is 7.78. The Hall–Kier alpha value is -0.570. The fraction of sp³-hybridized carbons (Fsp3) is 0.538. The Morgan fingerprint density at radius 2 is 2.12 bits per heavy atom. The van der Waals surface area contributed by atoms with Crippen LogP contribution < -0.4 is 5.32 Å². The molecule has 3 heteroatoms. The summed E-state index contributed by atoms with van der Waals surface area (Å²) in [7, 11) is 1.76. The lowest BCUT2D eigenvalue weighted by atomic mass is 9.97. The quantitative estimate of drug-likeness (QED) is 0.872. The zero-order valence-corrected chi connectivity index (χ0v) is 10.3. The smallest absolute Gasteiger partial charge is 0.0615 e. The lowest BCUT2D eigenvalue weighted by Gasteiger charge is -2.09. The molecule has 1 heterocycles. The Kier molecular flexibility index (Phi) is 4.22. The van der Waals surface area contributed by atoms with E-state index in [0.717, 1.165) is 30.5 Å². The number of methoxy groups -OCH3 is 1. The average molecular weight is 240 g/mol. The first-order valence-corrected chi connectivity index (χ1v) is 6.12. The van der Waals surface area contributed by atoms with E-state index < -0.39 is 0 Å². The Labute approximate surface area is 102 Å². The average Bonchev–Trinajstić information content (AvgIpc) is 2.70. The number of hydrogen-bond donors (Lipinski definition) is 1. The summed E-state index contributed by atoms with van der Waals surface area (Å²) in [6.45, 7) is 1.91. The zero-order valence-electron chi connectivity index (χ0n) is 9.58. The topological polar surface area (TPSA) is 21.3 Å². The van der Waals surface area contributed by atoms with E-state index in [1.165, 1.54) is 12.0 Å². The molecule has 1 aliphatic heterocycles. The zero-order chi connectivity index (χ0) is 11.4. The second-order valence-corrected chi connectivity index (χ2v) is 4.93. The molecule has 1 aliphatic rings. The van der Waals surface area contributed by atoms with Gasteiger partial charge in [0, 0.05) is 18.2 Å². The van der Waals surface area contributed by atoms with Crippen molar-refractivity contribution < 1.29 is 4.74 Å². The second kappa shape index (κ2) is 5.67. The lowest BCUT2D eigenvalue weighted by Crippen LogP contribution is -2.25. The molecule has 1 aromatic carbocycles. The van der Waals surface area contributed by atoms with Crippen LogP contribution >= 0.6 is 11.6 Å². The van der Waals surface area contributed by atoms with Gasteiger partial charge in [-0.3, -0.25) is 0 Å². The third-order valence-corrected chi connectivity index (χ3v) is 3.37. The minimum absolute atomic E-state index is 0.530. The highest BCUT2D eigenvalue weighted by Crippen LogP contribution is 2.20. The van der Waals surface area contributed by atoms with Crippen LogP contribution in [0.2, 0.25) is 5.02 Å². The van der Waals surface area contributed by atoms with Crippen LogP contribution in [0.15, 0.2) is 24.3 Å². The maximum Gasteiger partial charge on any atom is 0.0615 e. The molecule has 0 saturated carbocycles. The fourth-order valence-corrected chi connectivity index (χ4v) is 2.47. The highest BCUT2D eigenvalue weighted by atomic mass is 35.5. The number of halogens is 1. The number of nitrogens with one attached hydrogen (secondary N) is 1. The van der Waals surface area contributed by atoms with E-state index in [1.54, 1.807) is 7.11 Å². The van der Waals surface area contributed by atoms with Gasteiger partial charge in [-0.05, 0) is 43.0 Å². The van der Waals surface area contributed by atoms with Gasteiger partial charge >= 0.3 is 0 Å². The van der Waals surface area contributed by atoms with Crippen LogP contribution in [0.3, 0.4) is 0 Å². The molecule has 1 fully saturated rings. The molecule has 2 unspecified atom stereocenters. The summed E-state index contributed by atoms with van der Waals surface area (Å²) in [4.78, 5) is 0. The highest BCUT2D eigenvalue weighted by Gasteiger charge is 2.23. The molecule has 0 amide bonds. The van der Waals surface area contributed by atoms with E-state index in [2.05, 4.69) is 17.4 Å². The summed E-state index contributed by atoms with van der Waals surface area (Å²) in [6, 6.07) is 8.69. The normalized spacial score (nSPS) is 24.9. The lowest BCUT2D eigenvalue weighted by molar-refractivity contribution is 0.172. The van der Waals surface area contributed by atoms with Crippen molar-refractivity contribution in [2.75, 3.05) is 20.3 Å². The molecule has 88 valence electrons. The fourth-order valence-electron chi connectivity index (χ4n) is 2.34. The first-order valence-electron chi connectivity index (χ1n) is 5.74. The van der Waals surface area contributed by atoms with E-state index in [4.69, 9.17) is 16.3 Å². The number of rotatable bonds is 4. The number of benzene rings is 1. The Morgan fingerprint density at radius 3 is 2.81 bits per heavy atom. The Morgan fingerprint density at radius 1 is 1.38 bits per heavy atom. The highest BCUT2D eigenvalue weighted by molar-refractivity contribution is 6.30. The summed E-state index contributed by atoms with van der Waals surface area (Å²) in [5, 5.41) is 4.30. The van der Waals surface area contributed by atoms with Gasteiger partial charge in [-0.2, -0.15) is 0 Å². The third-order valence-electron chi connectivity index (χ3n) is 3.12. The van der Waals surface area contributed by atoms with Crippen LogP contribution in [-0.2, 0) is 11.2 Å². The SMILES string of the molecule is COCC1CC(Cc2ccc(Cl)cc2)CN1. The van der Waals surface area contributed by atoms with Crippen LogP contribution in [0, 0.1) is 5.92 Å². The molecule has 0 spiro atoms. The van der Waals surface area contributed by atoms with E-state index in [0.29, 0.717) is 6.04 Å². The number of hydrogen-bond acceptors (Lipinski definition) is 2. The van der Waals surface area contributed by atoms with Gasteiger partial charge in [0.2, 0.25) is 0 Å².